The predicted octanol–water partition coefficient (Wildman–Crippen LogP) is 8.97. The van der Waals surface area contributed by atoms with E-state index in [9.17, 15) is 0 Å². The molecule has 2 N–H and O–H groups in total. The van der Waals surface area contributed by atoms with Gasteiger partial charge in [-0.05, 0) is 60.8 Å². The van der Waals surface area contributed by atoms with E-state index in [4.69, 9.17) is 20.2 Å². The molecule has 4 aromatic heterocycles. The molecule has 0 amide bonds. The third kappa shape index (κ3) is 12.5. The molecule has 0 unspecified atom stereocenters. The average molecular weight is 761 g/mol. The smallest absolute Gasteiger partial charge is 0.157 e. The third-order valence-corrected chi connectivity index (χ3v) is 14.4. The molecule has 0 bridgehead atoms. The average Bonchev–Trinajstić information content (AvgIpc) is 3.74. The number of nitrogens with zero attached hydrogens (tertiary/aromatic N) is 7. The zero-order valence-electron chi connectivity index (χ0n) is 29.9. The molecule has 0 saturated carbocycles. The van der Waals surface area contributed by atoms with Gasteiger partial charge in [-0.3, -0.25) is 0 Å². The number of fused-ring (bicyclic) bond motifs is 2. The number of rotatable bonds is 13. The quantitative estimate of drug-likeness (QED) is 0.0806. The molecule has 6 heterocycles. The first-order chi connectivity index (χ1) is 23.0. The topological polar surface area (TPSA) is 108 Å². The summed E-state index contributed by atoms with van der Waals surface area (Å²) in [5, 5.41) is 8.70. The Hall–Kier alpha value is -2.11. The molecular weight excluding hydrogens is 697 g/mol. The summed E-state index contributed by atoms with van der Waals surface area (Å²) in [6.07, 6.45) is 8.38. The van der Waals surface area contributed by atoms with Gasteiger partial charge in [-0.25, -0.2) is 9.97 Å². The van der Waals surface area contributed by atoms with Gasteiger partial charge in [0, 0.05) is 76.9 Å². The van der Waals surface area contributed by atoms with Crippen LogP contribution in [0.1, 0.15) is 63.8 Å². The van der Waals surface area contributed by atoms with Crippen LogP contribution in [0.2, 0.25) is 51.4 Å². The lowest BCUT2D eigenvalue weighted by atomic mass is 9.98. The summed E-state index contributed by atoms with van der Waals surface area (Å²) in [5.74, 6) is 7.71. The maximum Gasteiger partial charge on any atom is 0.157 e. The van der Waals surface area contributed by atoms with E-state index >= 15 is 0 Å². The molecule has 6 rings (SSSR count). The number of hydrogen-bond donors (Lipinski definition) is 1. The molecule has 14 heteroatoms. The number of nitrogens with two attached hydrogens (primary N) is 1. The standard InChI is InChI=1S/C23H42N4O2SSi2.C11H14N4S.2CH4/c1-31(2,3)15-11-28-18-26(19-29-12-16-32(4,5)6)23-17-21(20-8-13-30-14-9-20)25-22-7-10-24-27(22)23;12-10-7-9(8-2-5-16-6-3-8)14-11-1-4-13-15(10)11;;/h7,10,17,20H,8-9,11-16,18-19H2,1-6H3;1,4,7-8H,2-3,5-6,12H2;2*1H4. The largest absolute Gasteiger partial charge is 0.384 e. The summed E-state index contributed by atoms with van der Waals surface area (Å²) in [6, 6.07) is 10.4. The number of anilines is 2. The summed E-state index contributed by atoms with van der Waals surface area (Å²) in [6.45, 7) is 16.9. The van der Waals surface area contributed by atoms with Crippen LogP contribution in [0.25, 0.3) is 11.3 Å². The number of hydrogen-bond acceptors (Lipinski definition) is 10. The van der Waals surface area contributed by atoms with E-state index in [1.54, 1.807) is 10.7 Å². The van der Waals surface area contributed by atoms with Gasteiger partial charge in [0.2, 0.25) is 0 Å². The van der Waals surface area contributed by atoms with E-state index in [0.717, 1.165) is 48.1 Å². The molecule has 280 valence electrons. The Morgan fingerprint density at radius 3 is 1.64 bits per heavy atom. The van der Waals surface area contributed by atoms with Crippen molar-refractivity contribution in [2.75, 3.05) is 60.3 Å². The van der Waals surface area contributed by atoms with Crippen molar-refractivity contribution in [3.63, 3.8) is 0 Å². The van der Waals surface area contributed by atoms with E-state index in [0.29, 0.717) is 31.1 Å². The van der Waals surface area contributed by atoms with E-state index in [1.165, 1.54) is 54.4 Å². The minimum absolute atomic E-state index is 0. The van der Waals surface area contributed by atoms with Gasteiger partial charge in [-0.15, -0.1) is 0 Å². The molecule has 0 spiro atoms. The van der Waals surface area contributed by atoms with Crippen LogP contribution < -0.4 is 10.6 Å². The number of ether oxygens (including phenoxy) is 2. The van der Waals surface area contributed by atoms with Crippen molar-refractivity contribution in [1.82, 2.24) is 29.2 Å². The highest BCUT2D eigenvalue weighted by atomic mass is 32.2. The fourth-order valence-electron chi connectivity index (χ4n) is 5.78. The molecule has 0 aliphatic carbocycles. The van der Waals surface area contributed by atoms with E-state index < -0.39 is 16.1 Å². The van der Waals surface area contributed by atoms with E-state index in [2.05, 4.69) is 77.2 Å². The number of nitrogen functional groups attached to an aromatic ring is 1. The molecule has 0 radical (unpaired) electrons. The van der Waals surface area contributed by atoms with Crippen LogP contribution in [-0.4, -0.2) is 95.0 Å². The van der Waals surface area contributed by atoms with Crippen molar-refractivity contribution in [3.05, 3.63) is 48.0 Å². The highest BCUT2D eigenvalue weighted by molar-refractivity contribution is 7.99. The van der Waals surface area contributed by atoms with E-state index in [1.807, 2.05) is 40.7 Å². The zero-order valence-corrected chi connectivity index (χ0v) is 33.5. The van der Waals surface area contributed by atoms with Crippen molar-refractivity contribution in [3.8, 4) is 0 Å². The fraction of sp³-hybridized carbons (Fsp3) is 0.667. The Bertz CT molecular complexity index is 1560. The second-order valence-electron chi connectivity index (χ2n) is 15.4. The number of aromatic nitrogens is 6. The zero-order chi connectivity index (χ0) is 34.1. The van der Waals surface area contributed by atoms with Crippen molar-refractivity contribution in [2.45, 2.75) is 104 Å². The van der Waals surface area contributed by atoms with Gasteiger partial charge >= 0.3 is 0 Å². The lowest BCUT2D eigenvalue weighted by Crippen LogP contribution is -2.33. The van der Waals surface area contributed by atoms with Gasteiger partial charge in [0.05, 0.1) is 12.4 Å². The molecule has 10 nitrogen and oxygen atoms in total. The molecule has 2 aliphatic rings. The second kappa shape index (κ2) is 19.7. The predicted molar refractivity (Wildman–Crippen MR) is 223 cm³/mol. The Morgan fingerprint density at radius 2 is 1.16 bits per heavy atom. The molecular formula is C36H64N8O2S2Si2. The maximum absolute atomic E-state index is 6.16. The van der Waals surface area contributed by atoms with Crippen LogP contribution in [0.15, 0.2) is 36.7 Å². The first-order valence-electron chi connectivity index (χ1n) is 17.5. The Morgan fingerprint density at radius 1 is 0.720 bits per heavy atom. The van der Waals surface area contributed by atoms with Crippen LogP contribution in [0, 0.1) is 0 Å². The fourth-order valence-corrected chi connectivity index (χ4v) is 9.51. The molecule has 2 fully saturated rings. The molecule has 0 atom stereocenters. The van der Waals surface area contributed by atoms with Crippen LogP contribution in [0.5, 0.6) is 0 Å². The maximum atomic E-state index is 6.16. The third-order valence-electron chi connectivity index (χ3n) is 8.86. The Balaban J connectivity index is 0.000000314. The van der Waals surface area contributed by atoms with Crippen LogP contribution in [0.3, 0.4) is 0 Å². The number of thioether (sulfide) groups is 2. The van der Waals surface area contributed by atoms with Gasteiger partial charge in [0.25, 0.3) is 0 Å². The summed E-state index contributed by atoms with van der Waals surface area (Å²) in [4.78, 5) is 11.8. The summed E-state index contributed by atoms with van der Waals surface area (Å²) in [5.41, 5.74) is 10.0. The lowest BCUT2D eigenvalue weighted by molar-refractivity contribution is 0.0942. The minimum Gasteiger partial charge on any atom is -0.384 e. The van der Waals surface area contributed by atoms with Gasteiger partial charge in [-0.1, -0.05) is 54.1 Å². The monoisotopic (exact) mass is 760 g/mol. The lowest BCUT2D eigenvalue weighted by Gasteiger charge is -2.28. The van der Waals surface area contributed by atoms with Crippen molar-refractivity contribution >= 4 is 62.6 Å². The highest BCUT2D eigenvalue weighted by Gasteiger charge is 2.23. The molecule has 50 heavy (non-hydrogen) atoms. The minimum atomic E-state index is -1.12. The molecule has 2 aliphatic heterocycles. The van der Waals surface area contributed by atoms with Gasteiger partial charge in [-0.2, -0.15) is 42.8 Å². The molecule has 4 aromatic rings. The van der Waals surface area contributed by atoms with E-state index in [-0.39, 0.29) is 14.9 Å². The summed E-state index contributed by atoms with van der Waals surface area (Å²) < 4.78 is 15.9. The van der Waals surface area contributed by atoms with Crippen LogP contribution in [0.4, 0.5) is 11.6 Å². The van der Waals surface area contributed by atoms with Crippen molar-refractivity contribution in [1.29, 1.82) is 0 Å². The first-order valence-corrected chi connectivity index (χ1v) is 27.2. The van der Waals surface area contributed by atoms with Crippen LogP contribution in [-0.2, 0) is 9.47 Å². The van der Waals surface area contributed by atoms with Gasteiger partial charge in [0.1, 0.15) is 25.1 Å². The molecule has 2 saturated heterocycles. The first kappa shape index (κ1) is 42.3. The molecule has 0 aromatic carbocycles. The summed E-state index contributed by atoms with van der Waals surface area (Å²) in [7, 11) is -2.25. The highest BCUT2D eigenvalue weighted by Crippen LogP contribution is 2.33. The van der Waals surface area contributed by atoms with Crippen LogP contribution >= 0.6 is 23.5 Å². The second-order valence-corrected chi connectivity index (χ2v) is 29.0. The van der Waals surface area contributed by atoms with Crippen molar-refractivity contribution in [2.24, 2.45) is 0 Å². The van der Waals surface area contributed by atoms with Crippen molar-refractivity contribution < 1.29 is 9.47 Å². The SMILES string of the molecule is C.C.C[Si](C)(C)CCOCN(COCC[Si](C)(C)C)c1cc(C2CCSCC2)nc2ccnn12.Nc1cc(C2CCSCC2)nc2ccnn12. The van der Waals surface area contributed by atoms with Gasteiger partial charge < -0.3 is 20.1 Å². The Labute approximate surface area is 312 Å². The normalized spacial score (nSPS) is 16.0. The Kier molecular flexibility index (Phi) is 16.6. The summed E-state index contributed by atoms with van der Waals surface area (Å²) >= 11 is 4.08. The van der Waals surface area contributed by atoms with Gasteiger partial charge in [0.15, 0.2) is 11.3 Å².